The molecule has 2 heterocycles. The molecule has 0 aliphatic rings. The Kier molecular flexibility index (Phi) is 3.82. The number of nitrogens with one attached hydrogen (secondary N) is 1. The van der Waals surface area contributed by atoms with Crippen molar-refractivity contribution in [2.75, 3.05) is 12.4 Å². The molecule has 0 fully saturated rings. The quantitative estimate of drug-likeness (QED) is 0.880. The first-order valence-electron chi connectivity index (χ1n) is 5.96. The molecule has 0 aliphatic carbocycles. The van der Waals surface area contributed by atoms with Gasteiger partial charge >= 0.3 is 0 Å². The first-order valence-corrected chi connectivity index (χ1v) is 5.96. The van der Waals surface area contributed by atoms with Crippen LogP contribution in [0.3, 0.4) is 0 Å². The van der Waals surface area contributed by atoms with Gasteiger partial charge in [-0.1, -0.05) is 0 Å². The van der Waals surface area contributed by atoms with E-state index < -0.39 is 0 Å². The fraction of sp³-hybridized carbons (Fsp3) is 0.385. The van der Waals surface area contributed by atoms with Gasteiger partial charge < -0.3 is 14.6 Å². The van der Waals surface area contributed by atoms with E-state index in [0.717, 1.165) is 11.4 Å². The summed E-state index contributed by atoms with van der Waals surface area (Å²) < 4.78 is 7.33. The van der Waals surface area contributed by atoms with Crippen molar-refractivity contribution in [2.45, 2.75) is 26.4 Å². The number of hydrogen-bond acceptors (Lipinski definition) is 4. The predicted octanol–water partition coefficient (Wildman–Crippen LogP) is 2.48. The zero-order chi connectivity index (χ0) is 13.0. The fourth-order valence-corrected chi connectivity index (χ4v) is 1.81. The van der Waals surface area contributed by atoms with E-state index in [-0.39, 0.29) is 0 Å². The molecule has 96 valence electrons. The zero-order valence-electron chi connectivity index (χ0n) is 10.9. The van der Waals surface area contributed by atoms with Crippen molar-refractivity contribution in [2.24, 2.45) is 0 Å². The number of nitrogens with zero attached hydrogens (tertiary/aromatic N) is 3. The summed E-state index contributed by atoms with van der Waals surface area (Å²) >= 11 is 0. The van der Waals surface area contributed by atoms with E-state index in [1.54, 1.807) is 13.3 Å². The topological polar surface area (TPSA) is 52.0 Å². The van der Waals surface area contributed by atoms with Crippen molar-refractivity contribution in [1.29, 1.82) is 0 Å². The third-order valence-corrected chi connectivity index (χ3v) is 2.73. The largest absolute Gasteiger partial charge is 0.480 e. The first-order chi connectivity index (χ1) is 8.72. The summed E-state index contributed by atoms with van der Waals surface area (Å²) in [5.41, 5.74) is 2.02. The number of hydrogen-bond donors (Lipinski definition) is 1. The second kappa shape index (κ2) is 5.53. The van der Waals surface area contributed by atoms with Crippen LogP contribution >= 0.6 is 0 Å². The summed E-state index contributed by atoms with van der Waals surface area (Å²) in [4.78, 5) is 8.32. The summed E-state index contributed by atoms with van der Waals surface area (Å²) in [5.74, 6) is 0.605. The Morgan fingerprint density at radius 2 is 2.28 bits per heavy atom. The predicted molar refractivity (Wildman–Crippen MR) is 70.7 cm³/mol. The number of pyridine rings is 1. The Hall–Kier alpha value is -2.04. The summed E-state index contributed by atoms with van der Waals surface area (Å²) in [5, 5.41) is 3.31. The Balaban J connectivity index is 2.09. The highest BCUT2D eigenvalue weighted by Gasteiger charge is 2.07. The van der Waals surface area contributed by atoms with Crippen LogP contribution < -0.4 is 10.1 Å². The molecule has 0 spiro atoms. The molecule has 0 atom stereocenters. The van der Waals surface area contributed by atoms with E-state index in [9.17, 15) is 0 Å². The molecule has 2 rings (SSSR count). The summed E-state index contributed by atoms with van der Waals surface area (Å²) in [6.45, 7) is 4.96. The molecule has 1 N–H and O–H groups in total. The molecule has 2 aromatic rings. The molecule has 2 aromatic heterocycles. The average molecular weight is 246 g/mol. The van der Waals surface area contributed by atoms with Gasteiger partial charge in [0.2, 0.25) is 5.88 Å². The van der Waals surface area contributed by atoms with Gasteiger partial charge in [-0.15, -0.1) is 0 Å². The van der Waals surface area contributed by atoms with E-state index in [4.69, 9.17) is 4.74 Å². The minimum Gasteiger partial charge on any atom is -0.480 e. The van der Waals surface area contributed by atoms with Crippen LogP contribution in [0.25, 0.3) is 0 Å². The molecule has 0 amide bonds. The average Bonchev–Trinajstić information content (AvgIpc) is 2.85. The van der Waals surface area contributed by atoms with Crippen LogP contribution in [-0.4, -0.2) is 21.6 Å². The van der Waals surface area contributed by atoms with Crippen LogP contribution in [0.1, 0.15) is 25.6 Å². The van der Waals surface area contributed by atoms with Crippen molar-refractivity contribution in [3.8, 4) is 5.88 Å². The van der Waals surface area contributed by atoms with Gasteiger partial charge in [0.25, 0.3) is 0 Å². The van der Waals surface area contributed by atoms with Gasteiger partial charge in [0.15, 0.2) is 0 Å². The van der Waals surface area contributed by atoms with Gasteiger partial charge in [-0.2, -0.15) is 0 Å². The van der Waals surface area contributed by atoms with Gasteiger partial charge in [-0.05, 0) is 26.0 Å². The van der Waals surface area contributed by atoms with Crippen molar-refractivity contribution in [3.63, 3.8) is 0 Å². The maximum atomic E-state index is 5.20. The van der Waals surface area contributed by atoms with Crippen molar-refractivity contribution in [3.05, 3.63) is 36.5 Å². The van der Waals surface area contributed by atoms with Crippen LogP contribution in [0, 0.1) is 0 Å². The lowest BCUT2D eigenvalue weighted by atomic mass is 10.3. The maximum Gasteiger partial charge on any atom is 0.237 e. The van der Waals surface area contributed by atoms with E-state index in [0.29, 0.717) is 18.5 Å². The highest BCUT2D eigenvalue weighted by Crippen LogP contribution is 2.21. The zero-order valence-corrected chi connectivity index (χ0v) is 10.9. The van der Waals surface area contributed by atoms with Gasteiger partial charge in [-0.3, -0.25) is 0 Å². The summed E-state index contributed by atoms with van der Waals surface area (Å²) in [7, 11) is 1.62. The highest BCUT2D eigenvalue weighted by atomic mass is 16.5. The molecular weight excluding hydrogens is 228 g/mol. The van der Waals surface area contributed by atoms with Crippen molar-refractivity contribution < 1.29 is 4.74 Å². The second-order valence-corrected chi connectivity index (χ2v) is 4.30. The van der Waals surface area contributed by atoms with E-state index in [2.05, 4.69) is 33.7 Å². The molecular formula is C13H18N4O. The molecule has 18 heavy (non-hydrogen) atoms. The van der Waals surface area contributed by atoms with Gasteiger partial charge in [-0.25, -0.2) is 9.97 Å². The Bertz CT molecular complexity index is 507. The maximum absolute atomic E-state index is 5.20. The minimum absolute atomic E-state index is 0.403. The lowest BCUT2D eigenvalue weighted by Crippen LogP contribution is -2.09. The number of methoxy groups -OCH3 is 1. The summed E-state index contributed by atoms with van der Waals surface area (Å²) in [6.07, 6.45) is 5.43. The number of anilines is 1. The molecule has 0 saturated carbocycles. The van der Waals surface area contributed by atoms with Crippen LogP contribution in [0.15, 0.2) is 30.9 Å². The molecule has 0 saturated heterocycles. The van der Waals surface area contributed by atoms with E-state index >= 15 is 0 Å². The Labute approximate surface area is 107 Å². The monoisotopic (exact) mass is 246 g/mol. The molecule has 0 bridgehead atoms. The lowest BCUT2D eigenvalue weighted by Gasteiger charge is -2.13. The molecule has 0 aliphatic heterocycles. The second-order valence-electron chi connectivity index (χ2n) is 4.30. The van der Waals surface area contributed by atoms with Gasteiger partial charge in [0, 0.05) is 18.4 Å². The Morgan fingerprint density at radius 1 is 1.44 bits per heavy atom. The van der Waals surface area contributed by atoms with Gasteiger partial charge in [0.05, 0.1) is 31.4 Å². The van der Waals surface area contributed by atoms with Crippen molar-refractivity contribution >= 4 is 5.69 Å². The Morgan fingerprint density at radius 3 is 3.00 bits per heavy atom. The first kappa shape index (κ1) is 12.4. The number of aromatic nitrogens is 3. The molecule has 0 radical (unpaired) electrons. The normalized spacial score (nSPS) is 10.7. The van der Waals surface area contributed by atoms with Crippen LogP contribution in [0.2, 0.25) is 0 Å². The summed E-state index contributed by atoms with van der Waals surface area (Å²) in [6, 6.07) is 4.23. The minimum atomic E-state index is 0.403. The highest BCUT2D eigenvalue weighted by molar-refractivity contribution is 5.52. The third-order valence-electron chi connectivity index (χ3n) is 2.73. The molecule has 0 aromatic carbocycles. The van der Waals surface area contributed by atoms with Crippen LogP contribution in [0.5, 0.6) is 5.88 Å². The van der Waals surface area contributed by atoms with E-state index in [1.807, 2.05) is 24.7 Å². The molecule has 0 unspecified atom stereocenters. The lowest BCUT2D eigenvalue weighted by molar-refractivity contribution is 0.399. The number of imidazole rings is 1. The van der Waals surface area contributed by atoms with Crippen LogP contribution in [-0.2, 0) is 6.54 Å². The standard InChI is InChI=1S/C13H18N4O/c1-10(2)17-9-14-7-11(17)8-16-12-5-4-6-15-13(12)18-3/h4-7,9-10,16H,8H2,1-3H3. The van der Waals surface area contributed by atoms with Crippen LogP contribution in [0.4, 0.5) is 5.69 Å². The fourth-order valence-electron chi connectivity index (χ4n) is 1.81. The number of rotatable bonds is 5. The number of ether oxygens (including phenoxy) is 1. The van der Waals surface area contributed by atoms with Crippen molar-refractivity contribution in [1.82, 2.24) is 14.5 Å². The SMILES string of the molecule is COc1ncccc1NCc1cncn1C(C)C. The van der Waals surface area contributed by atoms with Gasteiger partial charge in [0.1, 0.15) is 0 Å². The van der Waals surface area contributed by atoms with E-state index in [1.165, 1.54) is 0 Å². The molecule has 5 heteroatoms. The molecule has 5 nitrogen and oxygen atoms in total. The smallest absolute Gasteiger partial charge is 0.237 e. The third kappa shape index (κ3) is 2.61.